The maximum Gasteiger partial charge on any atom is 0.407 e. The van der Waals surface area contributed by atoms with Crippen molar-refractivity contribution < 1.29 is 14.6 Å². The van der Waals surface area contributed by atoms with Crippen molar-refractivity contribution >= 4 is 17.1 Å². The van der Waals surface area contributed by atoms with Gasteiger partial charge in [-0.25, -0.2) is 9.78 Å². The van der Waals surface area contributed by atoms with Crippen LogP contribution in [0.2, 0.25) is 0 Å². The first-order valence-electron chi connectivity index (χ1n) is 11.0. The lowest BCUT2D eigenvalue weighted by Crippen LogP contribution is -2.44. The Bertz CT molecular complexity index is 1160. The molecule has 2 aliphatic heterocycles. The van der Waals surface area contributed by atoms with Gasteiger partial charge in [-0.2, -0.15) is 0 Å². The van der Waals surface area contributed by atoms with Crippen molar-refractivity contribution in [2.45, 2.75) is 59.3 Å². The molecule has 3 aromatic rings. The van der Waals surface area contributed by atoms with E-state index in [1.54, 1.807) is 4.90 Å². The van der Waals surface area contributed by atoms with Gasteiger partial charge in [-0.3, -0.25) is 0 Å². The van der Waals surface area contributed by atoms with Crippen LogP contribution in [0, 0.1) is 12.3 Å². The fraction of sp³-hybridized carbons (Fsp3) is 0.440. The Morgan fingerprint density at radius 1 is 1.29 bits per heavy atom. The molecule has 2 aromatic heterocycles. The van der Waals surface area contributed by atoms with E-state index in [-0.39, 0.29) is 11.5 Å². The molecule has 1 aromatic carbocycles. The maximum atomic E-state index is 11.7. The number of rotatable bonds is 4. The van der Waals surface area contributed by atoms with Crippen LogP contribution >= 0.6 is 0 Å². The van der Waals surface area contributed by atoms with Crippen LogP contribution in [0.4, 0.5) is 4.79 Å². The second-order valence-corrected chi connectivity index (χ2v) is 9.66. The van der Waals surface area contributed by atoms with E-state index >= 15 is 0 Å². The number of benzene rings is 1. The molecule has 162 valence electrons. The number of aryl methyl sites for hydroxylation is 1. The largest absolute Gasteiger partial charge is 0.465 e. The number of hydrogen-bond acceptors (Lipinski definition) is 3. The number of ether oxygens (including phenoxy) is 1. The number of H-pyrrole nitrogens is 1. The Balaban J connectivity index is 1.53. The lowest BCUT2D eigenvalue weighted by atomic mass is 9.76. The van der Waals surface area contributed by atoms with Gasteiger partial charge in [0.25, 0.3) is 0 Å². The SMILES string of the molecule is Cc1c[nH]c2ncc(-c3cc4c(c(CC(C)(C)[C@@H]5CCCN5C(=O)O)c3)COC4)cc12. The number of likely N-dealkylation sites (tertiary alicyclic amines) is 1. The third-order valence-electron chi connectivity index (χ3n) is 7.06. The van der Waals surface area contributed by atoms with Crippen LogP contribution in [-0.4, -0.2) is 38.7 Å². The molecular formula is C25H29N3O3. The number of nitrogens with zero attached hydrogens (tertiary/aromatic N) is 2. The van der Waals surface area contributed by atoms with Gasteiger partial charge in [0.1, 0.15) is 5.65 Å². The molecule has 0 bridgehead atoms. The number of amides is 1. The highest BCUT2D eigenvalue weighted by Crippen LogP contribution is 2.39. The van der Waals surface area contributed by atoms with Gasteiger partial charge in [0.2, 0.25) is 0 Å². The Kier molecular flexibility index (Phi) is 4.77. The molecule has 5 rings (SSSR count). The molecule has 1 fully saturated rings. The summed E-state index contributed by atoms with van der Waals surface area (Å²) in [7, 11) is 0. The van der Waals surface area contributed by atoms with Gasteiger partial charge < -0.3 is 19.7 Å². The third-order valence-corrected chi connectivity index (χ3v) is 7.06. The first kappa shape index (κ1) is 20.1. The molecule has 0 saturated carbocycles. The van der Waals surface area contributed by atoms with Gasteiger partial charge in [0.05, 0.1) is 13.2 Å². The van der Waals surface area contributed by atoms with Crippen LogP contribution in [0.1, 0.15) is 48.9 Å². The molecule has 0 spiro atoms. The molecule has 1 amide bonds. The minimum absolute atomic E-state index is 0.0344. The zero-order valence-electron chi connectivity index (χ0n) is 18.4. The van der Waals surface area contributed by atoms with Crippen LogP contribution in [0.15, 0.2) is 30.6 Å². The molecule has 1 saturated heterocycles. The molecule has 4 heterocycles. The number of carboxylic acid groups (broad SMARTS) is 1. The van der Waals surface area contributed by atoms with Gasteiger partial charge in [0.15, 0.2) is 0 Å². The quantitative estimate of drug-likeness (QED) is 0.603. The first-order valence-corrected chi connectivity index (χ1v) is 11.0. The predicted molar refractivity (Wildman–Crippen MR) is 120 cm³/mol. The van der Waals surface area contributed by atoms with Gasteiger partial charge in [-0.1, -0.05) is 19.9 Å². The molecule has 0 aliphatic carbocycles. The highest BCUT2D eigenvalue weighted by Gasteiger charge is 2.40. The molecule has 2 N–H and O–H groups in total. The van der Waals surface area contributed by atoms with E-state index in [0.717, 1.165) is 41.4 Å². The van der Waals surface area contributed by atoms with Crippen molar-refractivity contribution in [2.75, 3.05) is 6.54 Å². The molecule has 6 heteroatoms. The third kappa shape index (κ3) is 3.49. The lowest BCUT2D eigenvalue weighted by molar-refractivity contribution is 0.0987. The predicted octanol–water partition coefficient (Wildman–Crippen LogP) is 5.28. The topological polar surface area (TPSA) is 78.5 Å². The van der Waals surface area contributed by atoms with E-state index in [0.29, 0.717) is 19.8 Å². The molecule has 0 radical (unpaired) electrons. The second kappa shape index (κ2) is 7.38. The minimum atomic E-state index is -0.806. The summed E-state index contributed by atoms with van der Waals surface area (Å²) in [5.74, 6) is 0. The number of pyridine rings is 1. The minimum Gasteiger partial charge on any atom is -0.465 e. The summed E-state index contributed by atoms with van der Waals surface area (Å²) in [4.78, 5) is 21.2. The van der Waals surface area contributed by atoms with Gasteiger partial charge in [-0.05, 0) is 71.6 Å². The van der Waals surface area contributed by atoms with Crippen molar-refractivity contribution in [1.29, 1.82) is 0 Å². The van der Waals surface area contributed by atoms with Gasteiger partial charge in [0, 0.05) is 35.9 Å². The second-order valence-electron chi connectivity index (χ2n) is 9.66. The monoisotopic (exact) mass is 419 g/mol. The first-order chi connectivity index (χ1) is 14.8. The number of aromatic amines is 1. The average Bonchev–Trinajstić information content (AvgIpc) is 3.47. The fourth-order valence-electron chi connectivity index (χ4n) is 5.41. The summed E-state index contributed by atoms with van der Waals surface area (Å²) in [6.45, 7) is 8.37. The maximum absolute atomic E-state index is 11.7. The normalized spacial score (nSPS) is 18.7. The molecule has 2 aliphatic rings. The number of hydrogen-bond donors (Lipinski definition) is 2. The summed E-state index contributed by atoms with van der Waals surface area (Å²) >= 11 is 0. The van der Waals surface area contributed by atoms with Crippen LogP contribution in [0.25, 0.3) is 22.2 Å². The number of fused-ring (bicyclic) bond motifs is 2. The van der Waals surface area contributed by atoms with Crippen molar-refractivity contribution in [1.82, 2.24) is 14.9 Å². The molecule has 0 unspecified atom stereocenters. The van der Waals surface area contributed by atoms with Crippen molar-refractivity contribution in [2.24, 2.45) is 5.41 Å². The number of carbonyl (C=O) groups is 1. The molecule has 31 heavy (non-hydrogen) atoms. The fourth-order valence-corrected chi connectivity index (χ4v) is 5.41. The Morgan fingerprint density at radius 3 is 2.94 bits per heavy atom. The summed E-state index contributed by atoms with van der Waals surface area (Å²) in [5.41, 5.74) is 7.93. The van der Waals surface area contributed by atoms with Gasteiger partial charge >= 0.3 is 6.09 Å². The highest BCUT2D eigenvalue weighted by molar-refractivity contribution is 5.84. The van der Waals surface area contributed by atoms with Crippen LogP contribution in [-0.2, 0) is 24.4 Å². The van der Waals surface area contributed by atoms with E-state index in [4.69, 9.17) is 4.74 Å². The smallest absolute Gasteiger partial charge is 0.407 e. The van der Waals surface area contributed by atoms with E-state index in [1.165, 1.54) is 22.3 Å². The summed E-state index contributed by atoms with van der Waals surface area (Å²) in [6.07, 6.45) is 5.78. The summed E-state index contributed by atoms with van der Waals surface area (Å²) in [6, 6.07) is 6.72. The lowest BCUT2D eigenvalue weighted by Gasteiger charge is -2.37. The molecule has 6 nitrogen and oxygen atoms in total. The standard InChI is InChI=1S/C25H29N3O3/c1-15-11-26-23-20(15)9-18(12-27-23)16-7-17(21-14-31-13-19(21)8-16)10-25(2,3)22-5-4-6-28(22)24(29)30/h7-9,11-12,22H,4-6,10,13-14H2,1-3H3,(H,26,27)(H,29,30)/t22-/m0/s1. The number of aromatic nitrogens is 2. The zero-order valence-corrected chi connectivity index (χ0v) is 18.4. The van der Waals surface area contributed by atoms with Crippen molar-refractivity contribution in [3.8, 4) is 11.1 Å². The van der Waals surface area contributed by atoms with Crippen LogP contribution in [0.3, 0.4) is 0 Å². The average molecular weight is 420 g/mol. The van der Waals surface area contributed by atoms with Crippen LogP contribution < -0.4 is 0 Å². The van der Waals surface area contributed by atoms with E-state index < -0.39 is 6.09 Å². The van der Waals surface area contributed by atoms with Crippen LogP contribution in [0.5, 0.6) is 0 Å². The highest BCUT2D eigenvalue weighted by atomic mass is 16.5. The Labute approximate surface area is 182 Å². The number of nitrogens with one attached hydrogen (secondary N) is 1. The Morgan fingerprint density at radius 2 is 2.13 bits per heavy atom. The van der Waals surface area contributed by atoms with E-state index in [9.17, 15) is 9.90 Å². The summed E-state index contributed by atoms with van der Waals surface area (Å²) < 4.78 is 5.80. The van der Waals surface area contributed by atoms with E-state index in [2.05, 4.69) is 48.9 Å². The zero-order chi connectivity index (χ0) is 21.8. The molecular weight excluding hydrogens is 390 g/mol. The van der Waals surface area contributed by atoms with Crippen molar-refractivity contribution in [3.05, 3.63) is 52.8 Å². The molecule has 1 atom stereocenters. The summed E-state index contributed by atoms with van der Waals surface area (Å²) in [5, 5.41) is 10.8. The van der Waals surface area contributed by atoms with E-state index in [1.807, 2.05) is 12.4 Å². The van der Waals surface area contributed by atoms with Gasteiger partial charge in [-0.15, -0.1) is 0 Å². The van der Waals surface area contributed by atoms with Crippen molar-refractivity contribution in [3.63, 3.8) is 0 Å². The Hall–Kier alpha value is -2.86.